The maximum Gasteiger partial charge on any atom is 0.0239 e. The predicted molar refractivity (Wildman–Crippen MR) is 73.7 cm³/mol. The van der Waals surface area contributed by atoms with Crippen LogP contribution in [0.15, 0.2) is 30.3 Å². The van der Waals surface area contributed by atoms with Crippen LogP contribution >= 0.6 is 0 Å². The van der Waals surface area contributed by atoms with Gasteiger partial charge in [0.2, 0.25) is 0 Å². The number of nitrogens with two attached hydrogens (primary N) is 1. The molecule has 2 N–H and O–H groups in total. The molecule has 1 aliphatic rings. The van der Waals surface area contributed by atoms with Crippen LogP contribution in [0.1, 0.15) is 30.4 Å². The second kappa shape index (κ2) is 6.58. The molecule has 1 aromatic carbocycles. The molecule has 2 nitrogen and oxygen atoms in total. The summed E-state index contributed by atoms with van der Waals surface area (Å²) >= 11 is 0. The first-order valence-corrected chi connectivity index (χ1v) is 6.57. The lowest BCUT2D eigenvalue weighted by Crippen LogP contribution is -2.29. The monoisotopic (exact) mass is 230 g/mol. The lowest BCUT2D eigenvalue weighted by Gasteiger charge is -2.27. The molecule has 0 saturated carbocycles. The lowest BCUT2D eigenvalue weighted by molar-refractivity contribution is 0.221. The highest BCUT2D eigenvalue weighted by Crippen LogP contribution is 2.16. The smallest absolute Gasteiger partial charge is 0.0239 e. The molecule has 17 heavy (non-hydrogen) atoms. The molecule has 0 bridgehead atoms. The Hall–Kier alpha value is -1.12. The molecule has 2 rings (SSSR count). The van der Waals surface area contributed by atoms with Gasteiger partial charge in [0.15, 0.2) is 0 Å². The second-order valence-corrected chi connectivity index (χ2v) is 4.67. The molecule has 0 aliphatic carbocycles. The van der Waals surface area contributed by atoms with Crippen LogP contribution in [-0.4, -0.2) is 24.5 Å². The summed E-state index contributed by atoms with van der Waals surface area (Å²) in [6, 6.07) is 8.62. The van der Waals surface area contributed by atoms with E-state index in [1.165, 1.54) is 43.5 Å². The van der Waals surface area contributed by atoms with E-state index >= 15 is 0 Å². The number of piperidine rings is 1. The van der Waals surface area contributed by atoms with E-state index in [0.29, 0.717) is 6.54 Å². The molecule has 1 heterocycles. The minimum atomic E-state index is 0.609. The molecule has 1 saturated heterocycles. The molecule has 0 amide bonds. The van der Waals surface area contributed by atoms with Gasteiger partial charge in [0.1, 0.15) is 0 Å². The number of hydrogen-bond donors (Lipinski definition) is 1. The summed E-state index contributed by atoms with van der Waals surface area (Å²) in [4.78, 5) is 2.55. The van der Waals surface area contributed by atoms with Gasteiger partial charge in [-0.05, 0) is 37.1 Å². The maximum absolute atomic E-state index is 5.51. The zero-order chi connectivity index (χ0) is 11.9. The quantitative estimate of drug-likeness (QED) is 0.861. The molecule has 1 aliphatic heterocycles. The third-order valence-corrected chi connectivity index (χ3v) is 3.33. The maximum atomic E-state index is 5.51. The van der Waals surface area contributed by atoms with Gasteiger partial charge in [-0.15, -0.1) is 0 Å². The zero-order valence-electron chi connectivity index (χ0n) is 10.4. The van der Waals surface area contributed by atoms with Crippen LogP contribution < -0.4 is 5.73 Å². The van der Waals surface area contributed by atoms with Gasteiger partial charge in [-0.3, -0.25) is 4.90 Å². The average Bonchev–Trinajstić information content (AvgIpc) is 2.39. The van der Waals surface area contributed by atoms with Gasteiger partial charge >= 0.3 is 0 Å². The summed E-state index contributed by atoms with van der Waals surface area (Å²) in [6.07, 6.45) is 8.25. The van der Waals surface area contributed by atoms with Crippen molar-refractivity contribution in [2.45, 2.75) is 25.8 Å². The van der Waals surface area contributed by atoms with Crippen LogP contribution in [0.4, 0.5) is 0 Å². The van der Waals surface area contributed by atoms with Crippen molar-refractivity contribution in [3.63, 3.8) is 0 Å². The molecule has 2 heteroatoms. The van der Waals surface area contributed by atoms with Gasteiger partial charge in [0, 0.05) is 13.1 Å². The largest absolute Gasteiger partial charge is 0.327 e. The molecule has 0 radical (unpaired) electrons. The van der Waals surface area contributed by atoms with Crippen molar-refractivity contribution in [3.8, 4) is 0 Å². The zero-order valence-corrected chi connectivity index (χ0v) is 10.4. The predicted octanol–water partition coefficient (Wildman–Crippen LogP) is 2.64. The van der Waals surface area contributed by atoms with Crippen LogP contribution in [-0.2, 0) is 6.54 Å². The summed E-state index contributed by atoms with van der Waals surface area (Å²) in [6.45, 7) is 4.17. The summed E-state index contributed by atoms with van der Waals surface area (Å²) in [5, 5.41) is 0. The van der Waals surface area contributed by atoms with Gasteiger partial charge in [-0.1, -0.05) is 42.8 Å². The van der Waals surface area contributed by atoms with Gasteiger partial charge in [-0.25, -0.2) is 0 Å². The highest BCUT2D eigenvalue weighted by Gasteiger charge is 2.11. The Morgan fingerprint density at radius 2 is 1.88 bits per heavy atom. The standard InChI is InChI=1S/C15H22N2/c16-10-6-9-14-7-2-3-8-15(14)13-17-11-4-1-5-12-17/h2-3,6-9H,1,4-5,10-13,16H2/b9-6+. The average molecular weight is 230 g/mol. The molecule has 92 valence electrons. The van der Waals surface area contributed by atoms with E-state index in [0.717, 1.165) is 6.54 Å². The molecule has 1 fully saturated rings. The van der Waals surface area contributed by atoms with E-state index in [1.807, 2.05) is 6.08 Å². The van der Waals surface area contributed by atoms with E-state index in [1.54, 1.807) is 0 Å². The van der Waals surface area contributed by atoms with E-state index in [-0.39, 0.29) is 0 Å². The summed E-state index contributed by atoms with van der Waals surface area (Å²) < 4.78 is 0. The van der Waals surface area contributed by atoms with Crippen LogP contribution in [0.25, 0.3) is 6.08 Å². The number of nitrogens with zero attached hydrogens (tertiary/aromatic N) is 1. The summed E-state index contributed by atoms with van der Waals surface area (Å²) in [7, 11) is 0. The van der Waals surface area contributed by atoms with E-state index in [4.69, 9.17) is 5.73 Å². The SMILES string of the molecule is NC/C=C/c1ccccc1CN1CCCCC1. The minimum absolute atomic E-state index is 0.609. The van der Waals surface area contributed by atoms with Gasteiger partial charge < -0.3 is 5.73 Å². The Kier molecular flexibility index (Phi) is 4.77. The van der Waals surface area contributed by atoms with Crippen molar-refractivity contribution in [1.82, 2.24) is 4.90 Å². The highest BCUT2D eigenvalue weighted by atomic mass is 15.1. The van der Waals surface area contributed by atoms with Crippen LogP contribution in [0.2, 0.25) is 0 Å². The molecule has 0 spiro atoms. The Balaban J connectivity index is 2.05. The normalized spacial score (nSPS) is 17.7. The van der Waals surface area contributed by atoms with Crippen molar-refractivity contribution in [1.29, 1.82) is 0 Å². The van der Waals surface area contributed by atoms with Crippen LogP contribution in [0.5, 0.6) is 0 Å². The van der Waals surface area contributed by atoms with Crippen molar-refractivity contribution >= 4 is 6.08 Å². The number of hydrogen-bond acceptors (Lipinski definition) is 2. The van der Waals surface area contributed by atoms with Crippen LogP contribution in [0, 0.1) is 0 Å². The summed E-state index contributed by atoms with van der Waals surface area (Å²) in [5.74, 6) is 0. The van der Waals surface area contributed by atoms with Crippen LogP contribution in [0.3, 0.4) is 0 Å². The van der Waals surface area contributed by atoms with Crippen molar-refractivity contribution in [3.05, 3.63) is 41.5 Å². The third kappa shape index (κ3) is 3.69. The molecule has 0 atom stereocenters. The van der Waals surface area contributed by atoms with E-state index < -0.39 is 0 Å². The van der Waals surface area contributed by atoms with Gasteiger partial charge in [0.05, 0.1) is 0 Å². The molecule has 1 aromatic rings. The van der Waals surface area contributed by atoms with E-state index in [9.17, 15) is 0 Å². The van der Waals surface area contributed by atoms with Crippen molar-refractivity contribution in [2.24, 2.45) is 5.73 Å². The fourth-order valence-corrected chi connectivity index (χ4v) is 2.39. The van der Waals surface area contributed by atoms with Gasteiger partial charge in [0.25, 0.3) is 0 Å². The molecule has 0 unspecified atom stereocenters. The Morgan fingerprint density at radius 1 is 1.12 bits per heavy atom. The number of rotatable bonds is 4. The lowest BCUT2D eigenvalue weighted by atomic mass is 10.0. The van der Waals surface area contributed by atoms with Gasteiger partial charge in [-0.2, -0.15) is 0 Å². The Labute approximate surface area is 104 Å². The molecule has 0 aromatic heterocycles. The third-order valence-electron chi connectivity index (χ3n) is 3.33. The fraction of sp³-hybridized carbons (Fsp3) is 0.467. The highest BCUT2D eigenvalue weighted by molar-refractivity contribution is 5.53. The molecular formula is C15H22N2. The number of benzene rings is 1. The van der Waals surface area contributed by atoms with Crippen molar-refractivity contribution < 1.29 is 0 Å². The second-order valence-electron chi connectivity index (χ2n) is 4.67. The fourth-order valence-electron chi connectivity index (χ4n) is 2.39. The first-order chi connectivity index (χ1) is 8.40. The number of likely N-dealkylation sites (tertiary alicyclic amines) is 1. The summed E-state index contributed by atoms with van der Waals surface area (Å²) in [5.41, 5.74) is 8.24. The Morgan fingerprint density at radius 3 is 2.65 bits per heavy atom. The minimum Gasteiger partial charge on any atom is -0.327 e. The van der Waals surface area contributed by atoms with Crippen molar-refractivity contribution in [2.75, 3.05) is 19.6 Å². The van der Waals surface area contributed by atoms with E-state index in [2.05, 4.69) is 35.2 Å². The molecular weight excluding hydrogens is 208 g/mol. The Bertz CT molecular complexity index is 365. The first-order valence-electron chi connectivity index (χ1n) is 6.57. The topological polar surface area (TPSA) is 29.3 Å². The first kappa shape index (κ1) is 12.3.